The smallest absolute Gasteiger partial charge is 0.288 e. The zero-order valence-electron chi connectivity index (χ0n) is 7.70. The van der Waals surface area contributed by atoms with Crippen LogP contribution in [0.2, 0.25) is 5.02 Å². The van der Waals surface area contributed by atoms with Crippen molar-refractivity contribution < 1.29 is 9.66 Å². The third-order valence-electron chi connectivity index (χ3n) is 1.59. The molecule has 0 aliphatic rings. The molecule has 0 saturated carbocycles. The Bertz CT molecular complexity index is 341. The lowest BCUT2D eigenvalue weighted by molar-refractivity contribution is -0.384. The SMILES string of the molecule is CCCOc1ccc([N+](=O)[O-])c(Cl)c1. The van der Waals surface area contributed by atoms with Crippen molar-refractivity contribution in [1.82, 2.24) is 0 Å². The van der Waals surface area contributed by atoms with Gasteiger partial charge in [0.2, 0.25) is 0 Å². The third kappa shape index (κ3) is 2.60. The summed E-state index contributed by atoms with van der Waals surface area (Å²) in [6, 6.07) is 4.34. The van der Waals surface area contributed by atoms with E-state index in [1.54, 1.807) is 6.07 Å². The summed E-state index contributed by atoms with van der Waals surface area (Å²) >= 11 is 5.68. The highest BCUT2D eigenvalue weighted by Crippen LogP contribution is 2.28. The van der Waals surface area contributed by atoms with Crippen LogP contribution in [0.25, 0.3) is 0 Å². The lowest BCUT2D eigenvalue weighted by Crippen LogP contribution is -1.95. The predicted molar refractivity (Wildman–Crippen MR) is 53.9 cm³/mol. The molecule has 0 amide bonds. The van der Waals surface area contributed by atoms with E-state index in [4.69, 9.17) is 16.3 Å². The van der Waals surface area contributed by atoms with Gasteiger partial charge in [-0.2, -0.15) is 0 Å². The molecule has 1 aromatic rings. The van der Waals surface area contributed by atoms with Gasteiger partial charge in [-0.05, 0) is 12.5 Å². The summed E-state index contributed by atoms with van der Waals surface area (Å²) in [7, 11) is 0. The van der Waals surface area contributed by atoms with Gasteiger partial charge in [-0.15, -0.1) is 0 Å². The summed E-state index contributed by atoms with van der Waals surface area (Å²) in [5.41, 5.74) is -0.101. The minimum atomic E-state index is -0.522. The van der Waals surface area contributed by atoms with Crippen LogP contribution in [0.3, 0.4) is 0 Å². The largest absolute Gasteiger partial charge is 0.494 e. The van der Waals surface area contributed by atoms with Crippen molar-refractivity contribution in [1.29, 1.82) is 0 Å². The van der Waals surface area contributed by atoms with Gasteiger partial charge in [-0.1, -0.05) is 18.5 Å². The Labute approximate surface area is 86.6 Å². The second-order valence-corrected chi connectivity index (χ2v) is 3.13. The molecule has 5 heteroatoms. The number of halogens is 1. The Kier molecular flexibility index (Phi) is 3.71. The van der Waals surface area contributed by atoms with E-state index in [1.165, 1.54) is 12.1 Å². The van der Waals surface area contributed by atoms with Crippen molar-refractivity contribution in [2.75, 3.05) is 6.61 Å². The van der Waals surface area contributed by atoms with Gasteiger partial charge in [-0.3, -0.25) is 10.1 Å². The molecule has 1 rings (SSSR count). The van der Waals surface area contributed by atoms with Gasteiger partial charge < -0.3 is 4.74 Å². The van der Waals surface area contributed by atoms with Crippen LogP contribution < -0.4 is 4.74 Å². The predicted octanol–water partition coefficient (Wildman–Crippen LogP) is 3.04. The molecule has 0 unspecified atom stereocenters. The summed E-state index contributed by atoms with van der Waals surface area (Å²) < 4.78 is 5.26. The zero-order valence-corrected chi connectivity index (χ0v) is 8.45. The quantitative estimate of drug-likeness (QED) is 0.573. The van der Waals surface area contributed by atoms with Crippen LogP contribution in [0.15, 0.2) is 18.2 Å². The standard InChI is InChI=1S/C9H10ClNO3/c1-2-5-14-7-3-4-9(11(12)13)8(10)6-7/h3-4,6H,2,5H2,1H3. The average Bonchev–Trinajstić information content (AvgIpc) is 2.14. The number of rotatable bonds is 4. The van der Waals surface area contributed by atoms with Crippen LogP contribution in [0, 0.1) is 10.1 Å². The Balaban J connectivity index is 2.83. The topological polar surface area (TPSA) is 52.4 Å². The molecule has 0 radical (unpaired) electrons. The van der Waals surface area contributed by atoms with Crippen molar-refractivity contribution in [3.63, 3.8) is 0 Å². The van der Waals surface area contributed by atoms with Gasteiger partial charge in [0.15, 0.2) is 0 Å². The first-order valence-electron chi connectivity index (χ1n) is 4.22. The maximum absolute atomic E-state index is 10.4. The van der Waals surface area contributed by atoms with E-state index >= 15 is 0 Å². The first-order valence-corrected chi connectivity index (χ1v) is 4.59. The molecule has 1 aromatic carbocycles. The van der Waals surface area contributed by atoms with Crippen molar-refractivity contribution in [3.8, 4) is 5.75 Å². The molecule has 0 heterocycles. The molecule has 76 valence electrons. The van der Waals surface area contributed by atoms with Gasteiger partial charge >= 0.3 is 0 Å². The highest BCUT2D eigenvalue weighted by molar-refractivity contribution is 6.32. The van der Waals surface area contributed by atoms with Crippen LogP contribution >= 0.6 is 11.6 Å². The molecule has 0 aliphatic carbocycles. The van der Waals surface area contributed by atoms with Crippen LogP contribution in [0.1, 0.15) is 13.3 Å². The lowest BCUT2D eigenvalue weighted by atomic mass is 10.3. The molecular weight excluding hydrogens is 206 g/mol. The lowest BCUT2D eigenvalue weighted by Gasteiger charge is -2.04. The maximum Gasteiger partial charge on any atom is 0.288 e. The van der Waals surface area contributed by atoms with Crippen molar-refractivity contribution in [2.24, 2.45) is 0 Å². The van der Waals surface area contributed by atoms with Crippen LogP contribution in [0.4, 0.5) is 5.69 Å². The molecule has 0 bridgehead atoms. The van der Waals surface area contributed by atoms with E-state index in [9.17, 15) is 10.1 Å². The summed E-state index contributed by atoms with van der Waals surface area (Å²) in [4.78, 5) is 9.91. The first kappa shape index (κ1) is 10.8. The minimum Gasteiger partial charge on any atom is -0.494 e. The molecule has 0 saturated heterocycles. The Morgan fingerprint density at radius 2 is 2.29 bits per heavy atom. The van der Waals surface area contributed by atoms with Gasteiger partial charge in [0, 0.05) is 12.1 Å². The Hall–Kier alpha value is -1.29. The fraction of sp³-hybridized carbons (Fsp3) is 0.333. The molecule has 14 heavy (non-hydrogen) atoms. The number of benzene rings is 1. The monoisotopic (exact) mass is 215 g/mol. The van der Waals surface area contributed by atoms with Gasteiger partial charge in [0.1, 0.15) is 10.8 Å². The van der Waals surface area contributed by atoms with E-state index < -0.39 is 4.92 Å². The first-order chi connectivity index (χ1) is 6.65. The number of hydrogen-bond donors (Lipinski definition) is 0. The molecule has 0 atom stereocenters. The van der Waals surface area contributed by atoms with Gasteiger partial charge in [0.25, 0.3) is 5.69 Å². The summed E-state index contributed by atoms with van der Waals surface area (Å²) in [5, 5.41) is 10.5. The van der Waals surface area contributed by atoms with Crippen LogP contribution in [0.5, 0.6) is 5.75 Å². The van der Waals surface area contributed by atoms with Crippen molar-refractivity contribution in [3.05, 3.63) is 33.3 Å². The number of nitro groups is 1. The summed E-state index contributed by atoms with van der Waals surface area (Å²) in [6.45, 7) is 2.56. The zero-order chi connectivity index (χ0) is 10.6. The number of nitrogens with zero attached hydrogens (tertiary/aromatic N) is 1. The number of hydrogen-bond acceptors (Lipinski definition) is 3. The highest BCUT2D eigenvalue weighted by atomic mass is 35.5. The van der Waals surface area contributed by atoms with Crippen molar-refractivity contribution >= 4 is 17.3 Å². The van der Waals surface area contributed by atoms with Crippen LogP contribution in [-0.2, 0) is 0 Å². The van der Waals surface area contributed by atoms with E-state index in [2.05, 4.69) is 0 Å². The second-order valence-electron chi connectivity index (χ2n) is 2.72. The number of nitro benzene ring substituents is 1. The van der Waals surface area contributed by atoms with Gasteiger partial charge in [0.05, 0.1) is 11.5 Å². The molecule has 0 spiro atoms. The van der Waals surface area contributed by atoms with Crippen LogP contribution in [-0.4, -0.2) is 11.5 Å². The number of ether oxygens (including phenoxy) is 1. The highest BCUT2D eigenvalue weighted by Gasteiger charge is 2.12. The molecule has 0 aromatic heterocycles. The minimum absolute atomic E-state index is 0.101. The Morgan fingerprint density at radius 3 is 2.79 bits per heavy atom. The fourth-order valence-corrected chi connectivity index (χ4v) is 1.18. The molecule has 4 nitrogen and oxygen atoms in total. The van der Waals surface area contributed by atoms with E-state index in [-0.39, 0.29) is 10.7 Å². The Morgan fingerprint density at radius 1 is 1.57 bits per heavy atom. The van der Waals surface area contributed by atoms with E-state index in [0.717, 1.165) is 6.42 Å². The average molecular weight is 216 g/mol. The summed E-state index contributed by atoms with van der Waals surface area (Å²) in [5.74, 6) is 0.558. The molecule has 0 fully saturated rings. The van der Waals surface area contributed by atoms with E-state index in [1.807, 2.05) is 6.92 Å². The maximum atomic E-state index is 10.4. The molecular formula is C9H10ClNO3. The van der Waals surface area contributed by atoms with Crippen molar-refractivity contribution in [2.45, 2.75) is 13.3 Å². The third-order valence-corrected chi connectivity index (χ3v) is 1.89. The normalized spacial score (nSPS) is 9.86. The van der Waals surface area contributed by atoms with Gasteiger partial charge in [-0.25, -0.2) is 0 Å². The summed E-state index contributed by atoms with van der Waals surface area (Å²) in [6.07, 6.45) is 0.884. The molecule has 0 N–H and O–H groups in total. The fourth-order valence-electron chi connectivity index (χ4n) is 0.945. The molecule has 0 aliphatic heterocycles. The van der Waals surface area contributed by atoms with E-state index in [0.29, 0.717) is 12.4 Å². The second kappa shape index (κ2) is 4.81.